The van der Waals surface area contributed by atoms with Crippen LogP contribution in [0.1, 0.15) is 37.1 Å². The summed E-state index contributed by atoms with van der Waals surface area (Å²) in [6.45, 7) is 2.86. The second kappa shape index (κ2) is 5.82. The molecule has 92 valence electrons. The molecule has 0 saturated carbocycles. The maximum Gasteiger partial charge on any atom is 0.195 e. The highest BCUT2D eigenvalue weighted by Gasteiger charge is 2.06. The van der Waals surface area contributed by atoms with Gasteiger partial charge in [0, 0.05) is 6.42 Å². The van der Waals surface area contributed by atoms with Crippen LogP contribution in [0.5, 0.6) is 0 Å². The molecule has 2 rings (SSSR count). The van der Waals surface area contributed by atoms with Crippen molar-refractivity contribution in [3.63, 3.8) is 0 Å². The molecule has 0 fully saturated rings. The van der Waals surface area contributed by atoms with Gasteiger partial charge in [0.1, 0.15) is 5.52 Å². The van der Waals surface area contributed by atoms with Gasteiger partial charge in [-0.1, -0.05) is 25.0 Å². The molecule has 2 N–H and O–H groups in total. The van der Waals surface area contributed by atoms with Crippen molar-refractivity contribution in [1.29, 1.82) is 0 Å². The number of fused-ring (bicyclic) bond motifs is 1. The minimum Gasteiger partial charge on any atom is -0.441 e. The van der Waals surface area contributed by atoms with Gasteiger partial charge in [-0.2, -0.15) is 0 Å². The summed E-state index contributed by atoms with van der Waals surface area (Å²) < 4.78 is 5.72. The molecule has 1 heterocycles. The molecule has 1 aromatic carbocycles. The van der Waals surface area contributed by atoms with E-state index in [9.17, 15) is 0 Å². The van der Waals surface area contributed by atoms with Crippen molar-refractivity contribution in [1.82, 2.24) is 4.98 Å². The molecular weight excluding hydrogens is 212 g/mol. The zero-order valence-electron chi connectivity index (χ0n) is 10.4. The third-order valence-corrected chi connectivity index (χ3v) is 3.01. The molecule has 0 atom stereocenters. The van der Waals surface area contributed by atoms with Crippen LogP contribution in [0, 0.1) is 6.92 Å². The van der Waals surface area contributed by atoms with Crippen LogP contribution in [0.4, 0.5) is 0 Å². The Kier molecular flexibility index (Phi) is 4.15. The summed E-state index contributed by atoms with van der Waals surface area (Å²) in [5, 5.41) is 0. The Balaban J connectivity index is 1.93. The van der Waals surface area contributed by atoms with Gasteiger partial charge < -0.3 is 10.2 Å². The monoisotopic (exact) mass is 232 g/mol. The van der Waals surface area contributed by atoms with Crippen LogP contribution in [0.15, 0.2) is 22.6 Å². The average molecular weight is 232 g/mol. The summed E-state index contributed by atoms with van der Waals surface area (Å²) >= 11 is 0. The summed E-state index contributed by atoms with van der Waals surface area (Å²) in [4.78, 5) is 4.54. The Labute approximate surface area is 102 Å². The van der Waals surface area contributed by atoms with Gasteiger partial charge in [0.05, 0.1) is 0 Å². The summed E-state index contributed by atoms with van der Waals surface area (Å²) in [6.07, 6.45) is 5.59. The van der Waals surface area contributed by atoms with Gasteiger partial charge in [0.25, 0.3) is 0 Å². The second-order valence-electron chi connectivity index (χ2n) is 4.48. The number of para-hydroxylation sites is 1. The normalized spacial score (nSPS) is 11.2. The molecule has 2 aromatic rings. The predicted molar refractivity (Wildman–Crippen MR) is 70.0 cm³/mol. The third-order valence-electron chi connectivity index (χ3n) is 3.01. The van der Waals surface area contributed by atoms with Gasteiger partial charge in [-0.25, -0.2) is 4.98 Å². The van der Waals surface area contributed by atoms with E-state index in [4.69, 9.17) is 10.2 Å². The Morgan fingerprint density at radius 2 is 2.00 bits per heavy atom. The molecule has 0 saturated heterocycles. The zero-order valence-corrected chi connectivity index (χ0v) is 10.4. The lowest BCUT2D eigenvalue weighted by molar-refractivity contribution is 0.508. The van der Waals surface area contributed by atoms with Gasteiger partial charge in [-0.15, -0.1) is 0 Å². The molecular formula is C14H20N2O. The molecule has 1 aromatic heterocycles. The first kappa shape index (κ1) is 12.1. The van der Waals surface area contributed by atoms with Crippen LogP contribution < -0.4 is 5.73 Å². The van der Waals surface area contributed by atoms with Gasteiger partial charge in [0.2, 0.25) is 0 Å². The molecule has 3 nitrogen and oxygen atoms in total. The minimum absolute atomic E-state index is 0.794. The summed E-state index contributed by atoms with van der Waals surface area (Å²) in [5.41, 5.74) is 8.55. The number of aryl methyl sites for hydroxylation is 2. The Hall–Kier alpha value is -1.35. The molecule has 17 heavy (non-hydrogen) atoms. The smallest absolute Gasteiger partial charge is 0.195 e. The van der Waals surface area contributed by atoms with Crippen molar-refractivity contribution in [3.8, 4) is 0 Å². The SMILES string of the molecule is Cc1cccc2oc(CCCCCCN)nc12. The number of hydrogen-bond acceptors (Lipinski definition) is 3. The molecule has 0 unspecified atom stereocenters. The number of nitrogens with zero attached hydrogens (tertiary/aromatic N) is 1. The molecule has 0 bridgehead atoms. The van der Waals surface area contributed by atoms with Gasteiger partial charge in [0.15, 0.2) is 11.5 Å². The minimum atomic E-state index is 0.794. The first-order valence-corrected chi connectivity index (χ1v) is 6.36. The van der Waals surface area contributed by atoms with Crippen LogP contribution in [0.2, 0.25) is 0 Å². The lowest BCUT2D eigenvalue weighted by Crippen LogP contribution is -1.97. The van der Waals surface area contributed by atoms with Crippen molar-refractivity contribution in [2.75, 3.05) is 6.54 Å². The fraction of sp³-hybridized carbons (Fsp3) is 0.500. The van der Waals surface area contributed by atoms with Crippen molar-refractivity contribution < 1.29 is 4.42 Å². The van der Waals surface area contributed by atoms with Crippen LogP contribution >= 0.6 is 0 Å². The lowest BCUT2D eigenvalue weighted by atomic mass is 10.1. The number of nitrogens with two attached hydrogens (primary N) is 1. The Morgan fingerprint density at radius 1 is 1.18 bits per heavy atom. The number of aromatic nitrogens is 1. The summed E-state index contributed by atoms with van der Waals surface area (Å²) in [6, 6.07) is 6.05. The quantitative estimate of drug-likeness (QED) is 0.778. The van der Waals surface area contributed by atoms with Gasteiger partial charge >= 0.3 is 0 Å². The van der Waals surface area contributed by atoms with Crippen LogP contribution in [0.3, 0.4) is 0 Å². The molecule has 0 aliphatic heterocycles. The predicted octanol–water partition coefficient (Wildman–Crippen LogP) is 3.20. The van der Waals surface area contributed by atoms with E-state index in [1.54, 1.807) is 0 Å². The molecule has 0 spiro atoms. The van der Waals surface area contributed by atoms with Crippen LogP contribution in [-0.4, -0.2) is 11.5 Å². The van der Waals surface area contributed by atoms with E-state index < -0.39 is 0 Å². The average Bonchev–Trinajstić information content (AvgIpc) is 2.73. The lowest BCUT2D eigenvalue weighted by Gasteiger charge is -1.96. The van der Waals surface area contributed by atoms with Crippen LogP contribution in [0.25, 0.3) is 11.1 Å². The molecule has 0 amide bonds. The number of unbranched alkanes of at least 4 members (excludes halogenated alkanes) is 3. The highest BCUT2D eigenvalue weighted by molar-refractivity contribution is 5.76. The van der Waals surface area contributed by atoms with E-state index in [1.165, 1.54) is 18.4 Å². The van der Waals surface area contributed by atoms with Crippen LogP contribution in [-0.2, 0) is 6.42 Å². The number of benzene rings is 1. The first-order valence-electron chi connectivity index (χ1n) is 6.36. The summed E-state index contributed by atoms with van der Waals surface area (Å²) in [5.74, 6) is 0.863. The van der Waals surface area contributed by atoms with E-state index in [2.05, 4.69) is 18.0 Å². The molecule has 0 aliphatic rings. The van der Waals surface area contributed by atoms with E-state index >= 15 is 0 Å². The largest absolute Gasteiger partial charge is 0.441 e. The van der Waals surface area contributed by atoms with Gasteiger partial charge in [-0.3, -0.25) is 0 Å². The topological polar surface area (TPSA) is 52.0 Å². The molecule has 0 aliphatic carbocycles. The zero-order chi connectivity index (χ0) is 12.1. The first-order chi connectivity index (χ1) is 8.31. The fourth-order valence-electron chi connectivity index (χ4n) is 2.01. The molecule has 3 heteroatoms. The van der Waals surface area contributed by atoms with Crippen molar-refractivity contribution in [3.05, 3.63) is 29.7 Å². The molecule has 0 radical (unpaired) electrons. The van der Waals surface area contributed by atoms with E-state index in [0.29, 0.717) is 0 Å². The number of rotatable bonds is 6. The van der Waals surface area contributed by atoms with E-state index in [1.807, 2.05) is 12.1 Å². The van der Waals surface area contributed by atoms with Crippen molar-refractivity contribution in [2.24, 2.45) is 5.73 Å². The Bertz CT molecular complexity index is 476. The second-order valence-corrected chi connectivity index (χ2v) is 4.48. The standard InChI is InChI=1S/C14H20N2O/c1-11-7-6-8-12-14(11)16-13(17-12)9-4-2-3-5-10-15/h6-8H,2-5,9-10,15H2,1H3. The van der Waals surface area contributed by atoms with Gasteiger partial charge in [-0.05, 0) is 37.9 Å². The van der Waals surface area contributed by atoms with E-state index in [0.717, 1.165) is 42.8 Å². The van der Waals surface area contributed by atoms with E-state index in [-0.39, 0.29) is 0 Å². The fourth-order valence-corrected chi connectivity index (χ4v) is 2.01. The third kappa shape index (κ3) is 3.07. The number of oxazole rings is 1. The maximum atomic E-state index is 5.72. The van der Waals surface area contributed by atoms with Crippen molar-refractivity contribution >= 4 is 11.1 Å². The maximum absolute atomic E-state index is 5.72. The Morgan fingerprint density at radius 3 is 2.76 bits per heavy atom. The highest BCUT2D eigenvalue weighted by atomic mass is 16.3. The highest BCUT2D eigenvalue weighted by Crippen LogP contribution is 2.20. The number of hydrogen-bond donors (Lipinski definition) is 1. The summed E-state index contributed by atoms with van der Waals surface area (Å²) in [7, 11) is 0. The van der Waals surface area contributed by atoms with Crippen molar-refractivity contribution in [2.45, 2.75) is 39.0 Å².